The number of urea groups is 1. The topological polar surface area (TPSA) is 77.6 Å². The Hall–Kier alpha value is -2.68. The molecule has 1 aromatic heterocycles. The summed E-state index contributed by atoms with van der Waals surface area (Å²) in [6.07, 6.45) is 6.55. The smallest absolute Gasteiger partial charge is 0.321 e. The van der Waals surface area contributed by atoms with E-state index in [1.54, 1.807) is 12.1 Å². The Balaban J connectivity index is 1.19. The van der Waals surface area contributed by atoms with Crippen LogP contribution in [0.3, 0.4) is 0 Å². The second kappa shape index (κ2) is 10.8. The van der Waals surface area contributed by atoms with Crippen LogP contribution >= 0.6 is 11.3 Å². The highest BCUT2D eigenvalue weighted by Crippen LogP contribution is 2.21. The van der Waals surface area contributed by atoms with Crippen molar-refractivity contribution in [3.63, 3.8) is 0 Å². The number of nitrogens with zero attached hydrogens (tertiary/aromatic N) is 3. The number of thiazole rings is 1. The summed E-state index contributed by atoms with van der Waals surface area (Å²) in [7, 11) is 0. The number of hydrogen-bond donors (Lipinski definition) is 2. The molecule has 0 bridgehead atoms. The van der Waals surface area contributed by atoms with Crippen LogP contribution in [-0.2, 0) is 11.2 Å². The molecule has 9 heteroatoms. The lowest BCUT2D eigenvalue weighted by Crippen LogP contribution is -2.49. The molecule has 1 saturated carbocycles. The summed E-state index contributed by atoms with van der Waals surface area (Å²) in [5, 5.41) is 8.27. The molecular formula is C23H30FN5O2S. The van der Waals surface area contributed by atoms with E-state index in [0.29, 0.717) is 49.8 Å². The monoisotopic (exact) mass is 459 g/mol. The van der Waals surface area contributed by atoms with Crippen molar-refractivity contribution in [3.05, 3.63) is 41.2 Å². The van der Waals surface area contributed by atoms with Gasteiger partial charge in [-0.25, -0.2) is 14.2 Å². The first-order chi connectivity index (χ1) is 15.6. The Morgan fingerprint density at radius 3 is 2.59 bits per heavy atom. The minimum atomic E-state index is -0.229. The fourth-order valence-corrected chi connectivity index (χ4v) is 5.08. The number of halogens is 1. The highest BCUT2D eigenvalue weighted by atomic mass is 32.1. The number of rotatable bonds is 6. The zero-order valence-electron chi connectivity index (χ0n) is 18.2. The number of carbonyl (C=O) groups is 2. The van der Waals surface area contributed by atoms with Gasteiger partial charge in [0.05, 0.1) is 11.4 Å². The second-order valence-corrected chi connectivity index (χ2v) is 9.25. The van der Waals surface area contributed by atoms with Crippen LogP contribution in [0.2, 0.25) is 0 Å². The van der Waals surface area contributed by atoms with Crippen LogP contribution < -0.4 is 15.5 Å². The molecule has 2 heterocycles. The molecule has 2 N–H and O–H groups in total. The van der Waals surface area contributed by atoms with Gasteiger partial charge < -0.3 is 15.1 Å². The van der Waals surface area contributed by atoms with E-state index >= 15 is 0 Å². The van der Waals surface area contributed by atoms with Gasteiger partial charge in [0.25, 0.3) is 0 Å². The predicted octanol–water partition coefficient (Wildman–Crippen LogP) is 4.02. The van der Waals surface area contributed by atoms with E-state index < -0.39 is 0 Å². The Morgan fingerprint density at radius 2 is 1.84 bits per heavy atom. The number of aryl methyl sites for hydroxylation is 1. The van der Waals surface area contributed by atoms with Crippen molar-refractivity contribution in [2.45, 2.75) is 51.0 Å². The molecule has 4 rings (SSSR count). The van der Waals surface area contributed by atoms with Gasteiger partial charge in [-0.05, 0) is 31.4 Å². The molecule has 7 nitrogen and oxygen atoms in total. The molecular weight excluding hydrogens is 429 g/mol. The molecule has 32 heavy (non-hydrogen) atoms. The third-order valence-electron chi connectivity index (χ3n) is 6.13. The Kier molecular flexibility index (Phi) is 7.57. The highest BCUT2D eigenvalue weighted by molar-refractivity contribution is 7.13. The number of carbonyl (C=O) groups excluding carboxylic acids is 2. The second-order valence-electron chi connectivity index (χ2n) is 8.40. The fourth-order valence-electron chi connectivity index (χ4n) is 4.34. The van der Waals surface area contributed by atoms with Gasteiger partial charge in [-0.2, -0.15) is 0 Å². The first kappa shape index (κ1) is 22.5. The van der Waals surface area contributed by atoms with Gasteiger partial charge in [-0.3, -0.25) is 10.1 Å². The van der Waals surface area contributed by atoms with E-state index in [9.17, 15) is 14.0 Å². The van der Waals surface area contributed by atoms with Crippen LogP contribution in [0.15, 0.2) is 29.6 Å². The maximum atomic E-state index is 14.0. The van der Waals surface area contributed by atoms with Crippen LogP contribution in [0.25, 0.3) is 0 Å². The molecule has 1 aliphatic carbocycles. The minimum absolute atomic E-state index is 0.0794. The van der Waals surface area contributed by atoms with Crippen molar-refractivity contribution in [2.75, 3.05) is 36.4 Å². The van der Waals surface area contributed by atoms with Gasteiger partial charge in [0.1, 0.15) is 5.82 Å². The minimum Gasteiger partial charge on any atom is -0.366 e. The van der Waals surface area contributed by atoms with Crippen LogP contribution in [0.4, 0.5) is 20.0 Å². The standard InChI is InChI=1S/C23H30FN5O2S/c24-19-8-4-5-9-20(19)28-12-14-29(15-13-28)21(30)11-10-18-16-32-23(26-18)27-22(31)25-17-6-2-1-3-7-17/h4-5,8-9,16-17H,1-3,6-7,10-15H2,(H2,25,26,27,31). The number of piperazine rings is 1. The highest BCUT2D eigenvalue weighted by Gasteiger charge is 2.23. The predicted molar refractivity (Wildman–Crippen MR) is 125 cm³/mol. The quantitative estimate of drug-likeness (QED) is 0.684. The summed E-state index contributed by atoms with van der Waals surface area (Å²) < 4.78 is 14.0. The maximum Gasteiger partial charge on any atom is 0.321 e. The third-order valence-corrected chi connectivity index (χ3v) is 6.94. The van der Waals surface area contributed by atoms with Crippen LogP contribution in [0.5, 0.6) is 0 Å². The number of anilines is 2. The molecule has 0 unspecified atom stereocenters. The van der Waals surface area contributed by atoms with E-state index in [1.165, 1.54) is 36.7 Å². The zero-order chi connectivity index (χ0) is 22.3. The SMILES string of the molecule is O=C(Nc1nc(CCC(=O)N2CCN(c3ccccc3F)CC2)cs1)NC1CCCCC1. The molecule has 2 fully saturated rings. The number of hydrogen-bond acceptors (Lipinski definition) is 5. The average Bonchev–Trinajstić information content (AvgIpc) is 3.25. The summed E-state index contributed by atoms with van der Waals surface area (Å²) in [6, 6.07) is 6.79. The normalized spacial score (nSPS) is 17.3. The summed E-state index contributed by atoms with van der Waals surface area (Å²) in [4.78, 5) is 33.0. The maximum absolute atomic E-state index is 14.0. The Morgan fingerprint density at radius 1 is 1.09 bits per heavy atom. The van der Waals surface area contributed by atoms with E-state index in [2.05, 4.69) is 15.6 Å². The van der Waals surface area contributed by atoms with Gasteiger partial charge in [-0.15, -0.1) is 11.3 Å². The molecule has 0 atom stereocenters. The van der Waals surface area contributed by atoms with Crippen molar-refractivity contribution in [3.8, 4) is 0 Å². The van der Waals surface area contributed by atoms with Crippen molar-refractivity contribution in [2.24, 2.45) is 0 Å². The van der Waals surface area contributed by atoms with Gasteiger partial charge >= 0.3 is 6.03 Å². The van der Waals surface area contributed by atoms with Crippen molar-refractivity contribution >= 4 is 34.1 Å². The van der Waals surface area contributed by atoms with Crippen LogP contribution in [-0.4, -0.2) is 54.0 Å². The van der Waals surface area contributed by atoms with Crippen molar-refractivity contribution in [1.82, 2.24) is 15.2 Å². The van der Waals surface area contributed by atoms with Gasteiger partial charge in [-0.1, -0.05) is 31.4 Å². The lowest BCUT2D eigenvalue weighted by molar-refractivity contribution is -0.131. The first-order valence-corrected chi connectivity index (χ1v) is 12.3. The molecule has 172 valence electrons. The Bertz CT molecular complexity index is 923. The summed E-state index contributed by atoms with van der Waals surface area (Å²) >= 11 is 1.38. The molecule has 1 aromatic carbocycles. The summed E-state index contributed by atoms with van der Waals surface area (Å²) in [5.41, 5.74) is 1.40. The van der Waals surface area contributed by atoms with E-state index in [4.69, 9.17) is 0 Å². The van der Waals surface area contributed by atoms with Crippen molar-refractivity contribution < 1.29 is 14.0 Å². The average molecular weight is 460 g/mol. The fraction of sp³-hybridized carbons (Fsp3) is 0.522. The number of benzene rings is 1. The summed E-state index contributed by atoms with van der Waals surface area (Å²) in [5.74, 6) is -0.150. The number of amides is 3. The van der Waals surface area contributed by atoms with Gasteiger partial charge in [0, 0.05) is 44.0 Å². The number of aromatic nitrogens is 1. The molecule has 1 saturated heterocycles. The van der Waals surface area contributed by atoms with E-state index in [1.807, 2.05) is 21.2 Å². The van der Waals surface area contributed by atoms with Gasteiger partial charge in [0.15, 0.2) is 5.13 Å². The lowest BCUT2D eigenvalue weighted by atomic mass is 9.96. The molecule has 0 spiro atoms. The Labute approximate surface area is 192 Å². The zero-order valence-corrected chi connectivity index (χ0v) is 19.0. The molecule has 3 amide bonds. The van der Waals surface area contributed by atoms with E-state index in [0.717, 1.165) is 18.5 Å². The van der Waals surface area contributed by atoms with Gasteiger partial charge in [0.2, 0.25) is 5.91 Å². The summed E-state index contributed by atoms with van der Waals surface area (Å²) in [6.45, 7) is 2.40. The molecule has 2 aliphatic rings. The third kappa shape index (κ3) is 5.97. The lowest BCUT2D eigenvalue weighted by Gasteiger charge is -2.36. The largest absolute Gasteiger partial charge is 0.366 e. The number of para-hydroxylation sites is 1. The molecule has 1 aliphatic heterocycles. The van der Waals surface area contributed by atoms with Crippen molar-refractivity contribution in [1.29, 1.82) is 0 Å². The number of nitrogens with one attached hydrogen (secondary N) is 2. The first-order valence-electron chi connectivity index (χ1n) is 11.4. The molecule has 2 aromatic rings. The van der Waals surface area contributed by atoms with E-state index in [-0.39, 0.29) is 23.8 Å². The van der Waals surface area contributed by atoms with Crippen LogP contribution in [0.1, 0.15) is 44.2 Å². The van der Waals surface area contributed by atoms with Crippen LogP contribution in [0, 0.1) is 5.82 Å². The molecule has 0 radical (unpaired) electrons.